The number of Topliss-reactive ketones (excluding diaryl/α,β-unsaturated/α-hetero) is 1. The molecular weight excluding hydrogens is 412 g/mol. The molecule has 6 heteroatoms. The van der Waals surface area contributed by atoms with Gasteiger partial charge in [0.1, 0.15) is 0 Å². The van der Waals surface area contributed by atoms with Crippen molar-refractivity contribution in [3.63, 3.8) is 0 Å². The molecule has 0 aliphatic carbocycles. The number of nitrogens with zero attached hydrogens (tertiary/aromatic N) is 1. The van der Waals surface area contributed by atoms with Gasteiger partial charge < -0.3 is 0 Å². The number of ketones is 1. The SMILES string of the molecule is CC(=O)c1ccc(C(=O)Nc2nc(-c3ccc(C)cc3)c(-c3ccc(C)cc3)s2)s1. The Hall–Kier alpha value is -3.09. The lowest BCUT2D eigenvalue weighted by Crippen LogP contribution is -2.09. The maximum absolute atomic E-state index is 12.7. The van der Waals surface area contributed by atoms with Crippen LogP contribution in [0.4, 0.5) is 5.13 Å². The highest BCUT2D eigenvalue weighted by molar-refractivity contribution is 7.20. The third-order valence-corrected chi connectivity index (χ3v) is 6.87. The minimum atomic E-state index is -0.257. The number of aryl methyl sites for hydroxylation is 2. The van der Waals surface area contributed by atoms with Crippen molar-refractivity contribution < 1.29 is 9.59 Å². The molecular formula is C24H20N2O2S2. The van der Waals surface area contributed by atoms with Gasteiger partial charge in [-0.2, -0.15) is 0 Å². The molecule has 1 N–H and O–H groups in total. The highest BCUT2D eigenvalue weighted by Crippen LogP contribution is 2.39. The summed E-state index contributed by atoms with van der Waals surface area (Å²) in [5.74, 6) is -0.302. The zero-order valence-electron chi connectivity index (χ0n) is 16.9. The van der Waals surface area contributed by atoms with E-state index in [0.29, 0.717) is 14.9 Å². The van der Waals surface area contributed by atoms with E-state index in [0.717, 1.165) is 21.7 Å². The summed E-state index contributed by atoms with van der Waals surface area (Å²) >= 11 is 2.64. The van der Waals surface area contributed by atoms with Crippen LogP contribution in [0.3, 0.4) is 0 Å². The number of anilines is 1. The molecule has 2 aromatic carbocycles. The predicted molar refractivity (Wildman–Crippen MR) is 125 cm³/mol. The number of rotatable bonds is 5. The Morgan fingerprint density at radius 3 is 1.90 bits per heavy atom. The van der Waals surface area contributed by atoms with Crippen LogP contribution in [-0.4, -0.2) is 16.7 Å². The number of benzene rings is 2. The molecule has 2 aromatic heterocycles. The highest BCUT2D eigenvalue weighted by Gasteiger charge is 2.18. The highest BCUT2D eigenvalue weighted by atomic mass is 32.1. The molecule has 4 aromatic rings. The first-order valence-electron chi connectivity index (χ1n) is 9.48. The summed E-state index contributed by atoms with van der Waals surface area (Å²) in [5.41, 5.74) is 5.27. The van der Waals surface area contributed by atoms with Crippen LogP contribution < -0.4 is 5.32 Å². The number of amides is 1. The van der Waals surface area contributed by atoms with Crippen LogP contribution in [0, 0.1) is 13.8 Å². The molecule has 0 spiro atoms. The van der Waals surface area contributed by atoms with Crippen LogP contribution in [0.1, 0.15) is 37.4 Å². The topological polar surface area (TPSA) is 59.1 Å². The molecule has 0 atom stereocenters. The minimum absolute atomic E-state index is 0.0448. The van der Waals surface area contributed by atoms with E-state index in [4.69, 9.17) is 4.98 Å². The Morgan fingerprint density at radius 2 is 1.33 bits per heavy atom. The zero-order valence-corrected chi connectivity index (χ0v) is 18.5. The van der Waals surface area contributed by atoms with Crippen LogP contribution in [0.5, 0.6) is 0 Å². The molecule has 0 aliphatic heterocycles. The van der Waals surface area contributed by atoms with E-state index >= 15 is 0 Å². The average Bonchev–Trinajstić information content (AvgIpc) is 3.37. The fraction of sp³-hybridized carbons (Fsp3) is 0.125. The fourth-order valence-corrected chi connectivity index (χ4v) is 4.77. The predicted octanol–water partition coefficient (Wildman–Crippen LogP) is 6.61. The van der Waals surface area contributed by atoms with Crippen molar-refractivity contribution in [2.24, 2.45) is 0 Å². The van der Waals surface area contributed by atoms with E-state index in [9.17, 15) is 9.59 Å². The molecule has 30 heavy (non-hydrogen) atoms. The minimum Gasteiger partial charge on any atom is -0.297 e. The Morgan fingerprint density at radius 1 is 0.767 bits per heavy atom. The molecule has 2 heterocycles. The van der Waals surface area contributed by atoms with E-state index in [2.05, 4.69) is 48.6 Å². The van der Waals surface area contributed by atoms with Gasteiger partial charge in [0.2, 0.25) is 0 Å². The van der Waals surface area contributed by atoms with E-state index in [1.807, 2.05) is 19.1 Å². The van der Waals surface area contributed by atoms with Crippen molar-refractivity contribution in [2.75, 3.05) is 5.32 Å². The maximum Gasteiger partial charge on any atom is 0.267 e. The van der Waals surface area contributed by atoms with Gasteiger partial charge in [-0.25, -0.2) is 4.98 Å². The second-order valence-electron chi connectivity index (χ2n) is 7.10. The number of carbonyl (C=O) groups is 2. The summed E-state index contributed by atoms with van der Waals surface area (Å²) in [7, 11) is 0. The number of nitrogens with one attached hydrogen (secondary N) is 1. The summed E-state index contributed by atoms with van der Waals surface area (Å²) in [6, 6.07) is 19.8. The Labute approximate surface area is 183 Å². The number of carbonyl (C=O) groups excluding carboxylic acids is 2. The van der Waals surface area contributed by atoms with Crippen molar-refractivity contribution in [2.45, 2.75) is 20.8 Å². The fourth-order valence-electron chi connectivity index (χ4n) is 2.99. The zero-order chi connectivity index (χ0) is 21.3. The number of hydrogen-bond donors (Lipinski definition) is 1. The largest absolute Gasteiger partial charge is 0.297 e. The van der Waals surface area contributed by atoms with Gasteiger partial charge in [0, 0.05) is 5.56 Å². The number of hydrogen-bond acceptors (Lipinski definition) is 5. The average molecular weight is 433 g/mol. The molecule has 150 valence electrons. The summed E-state index contributed by atoms with van der Waals surface area (Å²) in [4.78, 5) is 31.0. The summed E-state index contributed by atoms with van der Waals surface area (Å²) < 4.78 is 0. The standard InChI is InChI=1S/C24H20N2O2S2/c1-14-4-8-17(9-5-14)21-22(18-10-6-15(2)7-11-18)30-24(25-21)26-23(28)20-13-12-19(29-20)16(3)27/h4-13H,1-3H3,(H,25,26,28). The van der Waals surface area contributed by atoms with Gasteiger partial charge in [-0.3, -0.25) is 14.9 Å². The van der Waals surface area contributed by atoms with Crippen molar-refractivity contribution in [3.05, 3.63) is 81.5 Å². The van der Waals surface area contributed by atoms with Gasteiger partial charge >= 0.3 is 0 Å². The first-order chi connectivity index (χ1) is 14.4. The van der Waals surface area contributed by atoms with Gasteiger partial charge in [0.05, 0.1) is 20.3 Å². The third-order valence-electron chi connectivity index (χ3n) is 4.66. The van der Waals surface area contributed by atoms with E-state index in [1.54, 1.807) is 12.1 Å². The summed E-state index contributed by atoms with van der Waals surface area (Å²) in [5, 5.41) is 3.43. The number of thiophene rings is 1. The van der Waals surface area contributed by atoms with Gasteiger partial charge in [0.25, 0.3) is 5.91 Å². The van der Waals surface area contributed by atoms with Crippen LogP contribution in [-0.2, 0) is 0 Å². The lowest BCUT2D eigenvalue weighted by molar-refractivity contribution is 0.101. The molecule has 0 saturated heterocycles. The van der Waals surface area contributed by atoms with Crippen LogP contribution in [0.2, 0.25) is 0 Å². The quantitative estimate of drug-likeness (QED) is 0.361. The van der Waals surface area contributed by atoms with Crippen LogP contribution >= 0.6 is 22.7 Å². The second kappa shape index (κ2) is 8.34. The molecule has 0 saturated carbocycles. The van der Waals surface area contributed by atoms with Crippen molar-refractivity contribution in [1.29, 1.82) is 0 Å². The van der Waals surface area contributed by atoms with Gasteiger partial charge in [-0.1, -0.05) is 71.0 Å². The molecule has 1 amide bonds. The number of thiazole rings is 1. The lowest BCUT2D eigenvalue weighted by Gasteiger charge is -2.04. The van der Waals surface area contributed by atoms with Crippen molar-refractivity contribution >= 4 is 39.5 Å². The molecule has 0 unspecified atom stereocenters. The van der Waals surface area contributed by atoms with Crippen LogP contribution in [0.15, 0.2) is 60.7 Å². The molecule has 0 aliphatic rings. The van der Waals surface area contributed by atoms with Gasteiger partial charge in [0.15, 0.2) is 10.9 Å². The normalized spacial score (nSPS) is 10.8. The van der Waals surface area contributed by atoms with Gasteiger partial charge in [-0.05, 0) is 38.5 Å². The van der Waals surface area contributed by atoms with Gasteiger partial charge in [-0.15, -0.1) is 11.3 Å². The van der Waals surface area contributed by atoms with E-state index < -0.39 is 0 Å². The van der Waals surface area contributed by atoms with Crippen molar-refractivity contribution in [3.8, 4) is 21.7 Å². The monoisotopic (exact) mass is 432 g/mol. The smallest absolute Gasteiger partial charge is 0.267 e. The summed E-state index contributed by atoms with van der Waals surface area (Å²) in [6.45, 7) is 5.60. The Bertz CT molecular complexity index is 1160. The van der Waals surface area contributed by atoms with E-state index in [1.165, 1.54) is 40.7 Å². The molecule has 0 radical (unpaired) electrons. The lowest BCUT2D eigenvalue weighted by atomic mass is 10.0. The molecule has 0 fully saturated rings. The Kier molecular flexibility index (Phi) is 5.61. The summed E-state index contributed by atoms with van der Waals surface area (Å²) in [6.07, 6.45) is 0. The first-order valence-corrected chi connectivity index (χ1v) is 11.1. The maximum atomic E-state index is 12.7. The molecule has 4 rings (SSSR count). The molecule has 0 bridgehead atoms. The van der Waals surface area contributed by atoms with Crippen molar-refractivity contribution in [1.82, 2.24) is 4.98 Å². The molecule has 4 nitrogen and oxygen atoms in total. The second-order valence-corrected chi connectivity index (χ2v) is 9.19. The number of aromatic nitrogens is 1. The third kappa shape index (κ3) is 4.25. The van der Waals surface area contributed by atoms with E-state index in [-0.39, 0.29) is 11.7 Å². The first kappa shape index (κ1) is 20.2. The van der Waals surface area contributed by atoms with Crippen LogP contribution in [0.25, 0.3) is 21.7 Å². The Balaban J connectivity index is 1.70.